The summed E-state index contributed by atoms with van der Waals surface area (Å²) >= 11 is 0. The Kier molecular flexibility index (Phi) is 3.04. The van der Waals surface area contributed by atoms with Gasteiger partial charge >= 0.3 is 5.97 Å². The first kappa shape index (κ1) is 12.8. The molecule has 0 aliphatic heterocycles. The molecule has 4 atom stereocenters. The molecule has 1 aromatic carbocycles. The van der Waals surface area contributed by atoms with Gasteiger partial charge in [0.15, 0.2) is 0 Å². The third kappa shape index (κ3) is 2.09. The number of allylic oxidation sites excluding steroid dienone is 2. The van der Waals surface area contributed by atoms with E-state index in [1.54, 1.807) is 6.07 Å². The number of hydrogen-bond acceptors (Lipinski definition) is 2. The van der Waals surface area contributed by atoms with Crippen molar-refractivity contribution in [2.45, 2.75) is 6.42 Å². The van der Waals surface area contributed by atoms with E-state index >= 15 is 0 Å². The summed E-state index contributed by atoms with van der Waals surface area (Å²) in [7, 11) is 0. The molecule has 0 radical (unpaired) electrons. The van der Waals surface area contributed by atoms with Gasteiger partial charge in [0, 0.05) is 5.69 Å². The summed E-state index contributed by atoms with van der Waals surface area (Å²) in [5, 5.41) is 11.9. The minimum Gasteiger partial charge on any atom is -0.481 e. The van der Waals surface area contributed by atoms with Crippen molar-refractivity contribution in [2.75, 3.05) is 5.32 Å². The van der Waals surface area contributed by atoms with Crippen LogP contribution >= 0.6 is 0 Å². The van der Waals surface area contributed by atoms with Gasteiger partial charge < -0.3 is 10.4 Å². The second kappa shape index (κ2) is 4.74. The summed E-state index contributed by atoms with van der Waals surface area (Å²) in [6, 6.07) is 5.59. The van der Waals surface area contributed by atoms with E-state index in [4.69, 9.17) is 0 Å². The average molecular weight is 275 g/mol. The standard InChI is InChI=1S/C15H14FNO3/c16-10-2-1-3-11(7-10)17-14(18)12-8-4-5-9(6-8)13(12)15(19)20/h1-5,7-9,12-13H,6H2,(H,17,18)(H,19,20)/t8-,9-,12-,13-/m0/s1. The van der Waals surface area contributed by atoms with E-state index in [0.717, 1.165) is 0 Å². The minimum atomic E-state index is -0.943. The van der Waals surface area contributed by atoms with Gasteiger partial charge in [-0.05, 0) is 36.5 Å². The van der Waals surface area contributed by atoms with E-state index in [1.807, 2.05) is 12.2 Å². The van der Waals surface area contributed by atoms with Crippen LogP contribution in [0.1, 0.15) is 6.42 Å². The van der Waals surface area contributed by atoms with Crippen molar-refractivity contribution in [1.82, 2.24) is 0 Å². The first-order chi connectivity index (χ1) is 9.56. The number of carboxylic acids is 1. The highest BCUT2D eigenvalue weighted by Crippen LogP contribution is 2.48. The summed E-state index contributed by atoms with van der Waals surface area (Å²) in [4.78, 5) is 23.6. The zero-order chi connectivity index (χ0) is 14.3. The fourth-order valence-electron chi connectivity index (χ4n) is 3.31. The molecule has 1 saturated carbocycles. The lowest BCUT2D eigenvalue weighted by Gasteiger charge is -2.23. The normalized spacial score (nSPS) is 30.4. The number of carboxylic acid groups (broad SMARTS) is 1. The molecule has 3 rings (SSSR count). The Bertz CT molecular complexity index is 599. The van der Waals surface area contributed by atoms with Crippen LogP contribution in [-0.4, -0.2) is 17.0 Å². The maximum atomic E-state index is 13.1. The molecule has 0 heterocycles. The molecule has 2 N–H and O–H groups in total. The Morgan fingerprint density at radius 2 is 1.90 bits per heavy atom. The van der Waals surface area contributed by atoms with Gasteiger partial charge in [-0.25, -0.2) is 4.39 Å². The third-order valence-corrected chi connectivity index (χ3v) is 4.14. The topological polar surface area (TPSA) is 66.4 Å². The van der Waals surface area contributed by atoms with Crippen molar-refractivity contribution in [3.63, 3.8) is 0 Å². The largest absolute Gasteiger partial charge is 0.481 e. The first-order valence-electron chi connectivity index (χ1n) is 6.54. The van der Waals surface area contributed by atoms with Gasteiger partial charge in [0.05, 0.1) is 11.8 Å². The summed E-state index contributed by atoms with van der Waals surface area (Å²) in [6.07, 6.45) is 4.51. The average Bonchev–Trinajstić information content (AvgIpc) is 2.98. The predicted molar refractivity (Wildman–Crippen MR) is 70.4 cm³/mol. The van der Waals surface area contributed by atoms with E-state index in [2.05, 4.69) is 5.32 Å². The fraction of sp³-hybridized carbons (Fsp3) is 0.333. The number of rotatable bonds is 3. The molecule has 1 amide bonds. The second-order valence-corrected chi connectivity index (χ2v) is 5.34. The van der Waals surface area contributed by atoms with Gasteiger partial charge in [-0.3, -0.25) is 9.59 Å². The maximum Gasteiger partial charge on any atom is 0.307 e. The molecule has 1 fully saturated rings. The quantitative estimate of drug-likeness (QED) is 0.832. The van der Waals surface area contributed by atoms with E-state index < -0.39 is 23.6 Å². The Balaban J connectivity index is 1.80. The first-order valence-corrected chi connectivity index (χ1v) is 6.54. The molecule has 104 valence electrons. The molecule has 0 saturated heterocycles. The van der Waals surface area contributed by atoms with Crippen LogP contribution in [0, 0.1) is 29.5 Å². The van der Waals surface area contributed by atoms with Crippen LogP contribution in [0.5, 0.6) is 0 Å². The maximum absolute atomic E-state index is 13.1. The highest BCUT2D eigenvalue weighted by Gasteiger charge is 2.51. The van der Waals surface area contributed by atoms with Crippen LogP contribution in [0.4, 0.5) is 10.1 Å². The van der Waals surface area contributed by atoms with Crippen molar-refractivity contribution < 1.29 is 19.1 Å². The molecule has 4 nitrogen and oxygen atoms in total. The van der Waals surface area contributed by atoms with Gasteiger partial charge in [0.2, 0.25) is 5.91 Å². The fourth-order valence-corrected chi connectivity index (χ4v) is 3.31. The van der Waals surface area contributed by atoms with Gasteiger partial charge in [0.1, 0.15) is 5.82 Å². The van der Waals surface area contributed by atoms with E-state index in [0.29, 0.717) is 12.1 Å². The van der Waals surface area contributed by atoms with Gasteiger partial charge in [0.25, 0.3) is 0 Å². The summed E-state index contributed by atoms with van der Waals surface area (Å²) < 4.78 is 13.1. The molecule has 0 spiro atoms. The van der Waals surface area contributed by atoms with Crippen LogP contribution in [0.3, 0.4) is 0 Å². The molecule has 0 unspecified atom stereocenters. The zero-order valence-corrected chi connectivity index (χ0v) is 10.6. The lowest BCUT2D eigenvalue weighted by Crippen LogP contribution is -2.36. The number of halogens is 1. The monoisotopic (exact) mass is 275 g/mol. The SMILES string of the molecule is O=C(O)[C@@H]1[C@@H](C(=O)Nc2cccc(F)c2)[C@H]2C=C[C@H]1C2. The Labute approximate surface area is 115 Å². The number of hydrogen-bond donors (Lipinski definition) is 2. The van der Waals surface area contributed by atoms with Crippen LogP contribution < -0.4 is 5.32 Å². The van der Waals surface area contributed by atoms with E-state index in [9.17, 15) is 19.1 Å². The third-order valence-electron chi connectivity index (χ3n) is 4.14. The van der Waals surface area contributed by atoms with Crippen LogP contribution in [0.25, 0.3) is 0 Å². The Morgan fingerprint density at radius 3 is 2.55 bits per heavy atom. The number of nitrogens with one attached hydrogen (secondary N) is 1. The summed E-state index contributed by atoms with van der Waals surface area (Å²) in [6.45, 7) is 0. The number of amides is 1. The van der Waals surface area contributed by atoms with Gasteiger partial charge in [-0.15, -0.1) is 0 Å². The van der Waals surface area contributed by atoms with Crippen molar-refractivity contribution in [2.24, 2.45) is 23.7 Å². The van der Waals surface area contributed by atoms with E-state index in [-0.39, 0.29) is 17.7 Å². The molecule has 2 aliphatic rings. The lowest BCUT2D eigenvalue weighted by molar-refractivity contribution is -0.146. The molecular weight excluding hydrogens is 261 g/mol. The van der Waals surface area contributed by atoms with Crippen LogP contribution in [0.2, 0.25) is 0 Å². The highest BCUT2D eigenvalue weighted by molar-refractivity contribution is 5.96. The number of carbonyl (C=O) groups is 2. The predicted octanol–water partition coefficient (Wildman–Crippen LogP) is 2.29. The molecule has 1 aromatic rings. The number of anilines is 1. The number of carbonyl (C=O) groups excluding carboxylic acids is 1. The zero-order valence-electron chi connectivity index (χ0n) is 10.6. The molecule has 20 heavy (non-hydrogen) atoms. The molecular formula is C15H14FNO3. The number of aliphatic carboxylic acids is 1. The molecule has 2 aliphatic carbocycles. The highest BCUT2D eigenvalue weighted by atomic mass is 19.1. The van der Waals surface area contributed by atoms with Crippen molar-refractivity contribution >= 4 is 17.6 Å². The second-order valence-electron chi connectivity index (χ2n) is 5.34. The minimum absolute atomic E-state index is 0.0327. The summed E-state index contributed by atoms with van der Waals surface area (Å²) in [5.74, 6) is -3.09. The summed E-state index contributed by atoms with van der Waals surface area (Å²) in [5.41, 5.74) is 0.353. The molecule has 0 aromatic heterocycles. The van der Waals surface area contributed by atoms with Crippen molar-refractivity contribution in [3.05, 3.63) is 42.2 Å². The lowest BCUT2D eigenvalue weighted by atomic mass is 9.82. The molecule has 2 bridgehead atoms. The number of fused-ring (bicyclic) bond motifs is 2. The van der Waals surface area contributed by atoms with Crippen LogP contribution in [0.15, 0.2) is 36.4 Å². The van der Waals surface area contributed by atoms with E-state index in [1.165, 1.54) is 18.2 Å². The van der Waals surface area contributed by atoms with Crippen LogP contribution in [-0.2, 0) is 9.59 Å². The van der Waals surface area contributed by atoms with Crippen molar-refractivity contribution in [3.8, 4) is 0 Å². The van der Waals surface area contributed by atoms with Gasteiger partial charge in [-0.2, -0.15) is 0 Å². The van der Waals surface area contributed by atoms with Crippen molar-refractivity contribution in [1.29, 1.82) is 0 Å². The Hall–Kier alpha value is -2.17. The number of benzene rings is 1. The molecule has 5 heteroatoms. The van der Waals surface area contributed by atoms with Gasteiger partial charge in [-0.1, -0.05) is 18.2 Å². The Morgan fingerprint density at radius 1 is 1.20 bits per heavy atom. The smallest absolute Gasteiger partial charge is 0.307 e.